The first kappa shape index (κ1) is 62.0. The first-order valence-electron chi connectivity index (χ1n) is 23.6. The van der Waals surface area contributed by atoms with Crippen LogP contribution in [0.1, 0.15) is 134 Å². The Morgan fingerprint density at radius 2 is 1.07 bits per heavy atom. The second kappa shape index (κ2) is 28.6. The van der Waals surface area contributed by atoms with E-state index < -0.39 is 27.8 Å². The molecule has 69 heavy (non-hydrogen) atoms. The Balaban J connectivity index is 0.000000955. The van der Waals surface area contributed by atoms with Crippen LogP contribution >= 0.6 is 0 Å². The number of aryl methyl sites for hydroxylation is 2. The summed E-state index contributed by atoms with van der Waals surface area (Å²) in [7, 11) is 0. The summed E-state index contributed by atoms with van der Waals surface area (Å²) < 4.78 is 28.0. The molecule has 19 heteroatoms. The number of hydrogen-bond donors (Lipinski definition) is 4. The van der Waals surface area contributed by atoms with E-state index in [-0.39, 0.29) is 59.5 Å². The molecule has 0 aliphatic carbocycles. The molecule has 5 N–H and O–H groups in total. The van der Waals surface area contributed by atoms with E-state index in [4.69, 9.17) is 34.5 Å². The van der Waals surface area contributed by atoms with Crippen LogP contribution in [0.3, 0.4) is 0 Å². The van der Waals surface area contributed by atoms with Gasteiger partial charge in [-0.1, -0.05) is 7.43 Å². The van der Waals surface area contributed by atoms with Crippen LogP contribution in [0.4, 0.5) is 25.8 Å². The van der Waals surface area contributed by atoms with Crippen molar-refractivity contribution >= 4 is 38.1 Å². The van der Waals surface area contributed by atoms with Gasteiger partial charge in [0.2, 0.25) is 0 Å². The number of nitrogens with one attached hydrogen (secondary N) is 1. The number of benzene rings is 2. The predicted molar refractivity (Wildman–Crippen MR) is 272 cm³/mol. The highest BCUT2D eigenvalue weighted by Gasteiger charge is 2.31. The van der Waals surface area contributed by atoms with Crippen molar-refractivity contribution in [3.63, 3.8) is 0 Å². The lowest BCUT2D eigenvalue weighted by Gasteiger charge is -2.34. The maximum absolute atomic E-state index is 12.2. The number of nitrogens with two attached hydrogens (primary N) is 1. The number of β-amino-alcohol motifs (C(OH)–C–C–N with tert-alkyl or cyclic N) is 2. The van der Waals surface area contributed by atoms with E-state index in [0.29, 0.717) is 44.0 Å². The fourth-order valence-corrected chi connectivity index (χ4v) is 7.38. The number of nitro benzene ring substituents is 1. The summed E-state index contributed by atoms with van der Waals surface area (Å²) in [5.74, 6) is 1.43. The van der Waals surface area contributed by atoms with Gasteiger partial charge in [-0.15, -0.1) is 0 Å². The summed E-state index contributed by atoms with van der Waals surface area (Å²) in [6.45, 7) is 25.7. The number of nitrogen functional groups attached to an aromatic ring is 1. The van der Waals surface area contributed by atoms with E-state index in [2.05, 4.69) is 5.32 Å². The molecule has 3 radical (unpaired) electrons. The molecule has 4 unspecified atom stereocenters. The highest BCUT2D eigenvalue weighted by atomic mass is 16.6. The minimum absolute atomic E-state index is 0. The van der Waals surface area contributed by atoms with Gasteiger partial charge in [-0.05, 0) is 169 Å². The Hall–Kier alpha value is -5.01. The molecule has 4 fully saturated rings. The number of hydrogen-bond acceptors (Lipinski definition) is 14. The lowest BCUT2D eigenvalue weighted by molar-refractivity contribution is -0.384. The number of non-ortho nitro benzene ring substituents is 1. The number of carbonyl (C=O) groups excluding carboxylic acids is 3. The van der Waals surface area contributed by atoms with Gasteiger partial charge < -0.3 is 59.6 Å². The number of amides is 3. The summed E-state index contributed by atoms with van der Waals surface area (Å²) in [5.41, 5.74) is 6.78. The number of piperidine rings is 4. The fraction of sp³-hybridized carbons (Fsp3) is 0.700. The summed E-state index contributed by atoms with van der Waals surface area (Å²) in [5, 5.41) is 32.1. The highest BCUT2D eigenvalue weighted by molar-refractivity contribution is 5.75. The average Bonchev–Trinajstić information content (AvgIpc) is 3.22. The number of ether oxygens (including phenoxy) is 5. The molecular formula is C50H86BN6O12. The second-order valence-corrected chi connectivity index (χ2v) is 20.6. The zero-order chi connectivity index (χ0) is 50.1. The van der Waals surface area contributed by atoms with E-state index in [0.717, 1.165) is 88.0 Å². The summed E-state index contributed by atoms with van der Waals surface area (Å²) in [4.78, 5) is 51.2. The van der Waals surface area contributed by atoms with Crippen LogP contribution in [0.5, 0.6) is 11.5 Å². The van der Waals surface area contributed by atoms with E-state index in [1.807, 2.05) is 87.4 Å². The number of nitro groups is 1. The molecule has 4 aliphatic heterocycles. The molecule has 18 nitrogen and oxygen atoms in total. The van der Waals surface area contributed by atoms with Crippen molar-refractivity contribution in [1.29, 1.82) is 0 Å². The lowest BCUT2D eigenvalue weighted by Crippen LogP contribution is -2.46. The van der Waals surface area contributed by atoms with Gasteiger partial charge in [0.25, 0.3) is 5.69 Å². The van der Waals surface area contributed by atoms with Crippen LogP contribution in [0, 0.1) is 24.0 Å². The van der Waals surface area contributed by atoms with Crippen LogP contribution in [0.15, 0.2) is 36.4 Å². The van der Waals surface area contributed by atoms with Gasteiger partial charge >= 0.3 is 18.3 Å². The maximum Gasteiger partial charge on any atom is 0.410 e. The first-order chi connectivity index (χ1) is 31.2. The van der Waals surface area contributed by atoms with Crippen LogP contribution in [-0.2, 0) is 14.2 Å². The Morgan fingerprint density at radius 1 is 0.667 bits per heavy atom. The normalized spacial score (nSPS) is 20.4. The van der Waals surface area contributed by atoms with Gasteiger partial charge in [0, 0.05) is 60.4 Å². The Labute approximate surface area is 415 Å². The Kier molecular flexibility index (Phi) is 25.7. The molecule has 4 heterocycles. The molecule has 391 valence electrons. The lowest BCUT2D eigenvalue weighted by atomic mass is 10.1. The largest absolute Gasteiger partial charge is 0.488 e. The predicted octanol–water partition coefficient (Wildman–Crippen LogP) is 8.65. The molecule has 4 atom stereocenters. The average molecular weight is 975 g/mol. The van der Waals surface area contributed by atoms with Gasteiger partial charge in [0.1, 0.15) is 40.5 Å². The minimum atomic E-state index is -0.528. The van der Waals surface area contributed by atoms with E-state index in [1.165, 1.54) is 12.1 Å². The first-order valence-corrected chi connectivity index (χ1v) is 23.6. The number of likely N-dealkylation sites (tertiary alicyclic amines) is 3. The Morgan fingerprint density at radius 3 is 1.42 bits per heavy atom. The molecule has 0 saturated carbocycles. The third kappa shape index (κ3) is 24.4. The monoisotopic (exact) mass is 975 g/mol. The molecule has 3 amide bonds. The SMILES string of the molecule is C.CC(C)(C)OC(=O)N1CCCC(O)C1.Cc1cc(N)ccc1OC1CCCN(C(=O)OC(C)(C)C)C1.Cc1cc([N+](=O)[O-])ccc1OC1CCCN(C(=O)OC(C)(C)C)C1.OC1CCCNC1.[2HH].[B]. The van der Waals surface area contributed by atoms with E-state index in [1.54, 1.807) is 27.7 Å². The topological polar surface area (TPSA) is 229 Å². The highest BCUT2D eigenvalue weighted by Crippen LogP contribution is 2.28. The molecule has 0 spiro atoms. The summed E-state index contributed by atoms with van der Waals surface area (Å²) in [6.07, 6.45) is 5.68. The maximum atomic E-state index is 12.2. The molecule has 2 aromatic carbocycles. The van der Waals surface area contributed by atoms with Gasteiger partial charge in [0.05, 0.1) is 30.2 Å². The van der Waals surface area contributed by atoms with Gasteiger partial charge in [-0.2, -0.15) is 0 Å². The van der Waals surface area contributed by atoms with Crippen molar-refractivity contribution in [3.8, 4) is 11.5 Å². The molecule has 0 bridgehead atoms. The fourth-order valence-electron chi connectivity index (χ4n) is 7.38. The molecular weight excluding hydrogens is 887 g/mol. The number of carbonyl (C=O) groups is 3. The van der Waals surface area contributed by atoms with E-state index in [9.17, 15) is 29.6 Å². The van der Waals surface area contributed by atoms with Crippen LogP contribution in [-0.4, -0.2) is 150 Å². The van der Waals surface area contributed by atoms with Crippen molar-refractivity contribution in [2.24, 2.45) is 0 Å². The van der Waals surface area contributed by atoms with Gasteiger partial charge in [-0.25, -0.2) is 14.4 Å². The van der Waals surface area contributed by atoms with Crippen LogP contribution in [0.2, 0.25) is 0 Å². The number of anilines is 1. The number of aliphatic hydroxyl groups excluding tert-OH is 2. The molecule has 4 saturated heterocycles. The molecule has 4 aliphatic rings. The van der Waals surface area contributed by atoms with Gasteiger partial charge in [0.15, 0.2) is 0 Å². The van der Waals surface area contributed by atoms with Crippen LogP contribution in [0.25, 0.3) is 0 Å². The van der Waals surface area contributed by atoms with Crippen molar-refractivity contribution < 1.29 is 54.6 Å². The minimum Gasteiger partial charge on any atom is -0.488 e. The van der Waals surface area contributed by atoms with Crippen molar-refractivity contribution in [2.45, 2.75) is 176 Å². The summed E-state index contributed by atoms with van der Waals surface area (Å²) >= 11 is 0. The number of rotatable bonds is 5. The van der Waals surface area contributed by atoms with Crippen molar-refractivity contribution in [3.05, 3.63) is 57.6 Å². The molecule has 0 aromatic heterocycles. The smallest absolute Gasteiger partial charge is 0.410 e. The van der Waals surface area contributed by atoms with Gasteiger partial charge in [-0.3, -0.25) is 10.1 Å². The molecule has 6 rings (SSSR count). The zero-order valence-electron chi connectivity index (χ0n) is 42.5. The molecule has 2 aromatic rings. The zero-order valence-corrected chi connectivity index (χ0v) is 42.5. The van der Waals surface area contributed by atoms with Crippen LogP contribution < -0.4 is 20.5 Å². The second-order valence-electron chi connectivity index (χ2n) is 20.6. The third-order valence-corrected chi connectivity index (χ3v) is 10.5. The van der Waals surface area contributed by atoms with E-state index >= 15 is 0 Å². The van der Waals surface area contributed by atoms with Crippen molar-refractivity contribution in [1.82, 2.24) is 20.0 Å². The Bertz CT molecular complexity index is 1900. The standard InChI is InChI=1S/C17H24N2O5.C17H26N2O3.C10H19NO3.C5H11NO.CH4.B.H2/c1-12-10-13(19(21)22)7-8-15(12)23-14-6-5-9-18(11-14)16(20)24-17(2,3)4;1-12-10-13(18)7-8-15(12)21-14-6-5-9-19(11-14)16(20)22-17(2,3)4;1-10(2,3)14-9(13)11-6-4-5-8(12)7-11;7-5-2-1-3-6-4-5;;;/h7-8,10,14H,5-6,9,11H2,1-4H3;7-8,10,14H,5-6,9,11,18H2,1-4H3;8,12H,4-7H2,1-3H3;5-7H,1-4H2;1H4;;1H/i;;;;;;1+1. The third-order valence-electron chi connectivity index (χ3n) is 10.5. The number of aliphatic hydroxyl groups is 2. The van der Waals surface area contributed by atoms with Crippen molar-refractivity contribution in [2.75, 3.05) is 58.1 Å². The summed E-state index contributed by atoms with van der Waals surface area (Å²) in [6, 6.07) is 10.1. The quantitative estimate of drug-likeness (QED) is 0.0723. The number of nitrogens with zero attached hydrogens (tertiary/aromatic N) is 4.